The average Bonchev–Trinajstić information content (AvgIpc) is 3.67. The van der Waals surface area contributed by atoms with Gasteiger partial charge in [-0.2, -0.15) is 0 Å². The predicted octanol–water partition coefficient (Wildman–Crippen LogP) is 5.28. The quantitative estimate of drug-likeness (QED) is 0.254. The maximum absolute atomic E-state index is 12.6. The van der Waals surface area contributed by atoms with E-state index in [0.29, 0.717) is 23.5 Å². The molecule has 0 saturated carbocycles. The molecule has 9 nitrogen and oxygen atoms in total. The van der Waals surface area contributed by atoms with E-state index >= 15 is 0 Å². The SMILES string of the molecule is Nc1ccccc1NC(=O)c1ccc(Nc2nc(-c3cnc4c(Cn5ccnc5)cccn34)cs2)cc1. The smallest absolute Gasteiger partial charge is 0.255 e. The van der Waals surface area contributed by atoms with Gasteiger partial charge in [-0.3, -0.25) is 9.20 Å². The lowest BCUT2D eigenvalue weighted by Crippen LogP contribution is -2.13. The van der Waals surface area contributed by atoms with Crippen molar-refractivity contribution in [2.45, 2.75) is 6.54 Å². The zero-order chi connectivity index (χ0) is 25.2. The number of carbonyl (C=O) groups is 1. The van der Waals surface area contributed by atoms with Crippen molar-refractivity contribution in [3.63, 3.8) is 0 Å². The number of para-hydroxylation sites is 2. The van der Waals surface area contributed by atoms with E-state index in [0.717, 1.165) is 33.4 Å². The summed E-state index contributed by atoms with van der Waals surface area (Å²) in [4.78, 5) is 26.1. The van der Waals surface area contributed by atoms with Crippen molar-refractivity contribution < 1.29 is 4.79 Å². The first kappa shape index (κ1) is 22.5. The number of hydrogen-bond donors (Lipinski definition) is 3. The minimum Gasteiger partial charge on any atom is -0.397 e. The van der Waals surface area contributed by atoms with Gasteiger partial charge in [0.2, 0.25) is 0 Å². The van der Waals surface area contributed by atoms with Crippen LogP contribution in [0, 0.1) is 0 Å². The normalized spacial score (nSPS) is 11.0. The summed E-state index contributed by atoms with van der Waals surface area (Å²) in [7, 11) is 0. The number of hydrogen-bond acceptors (Lipinski definition) is 7. The molecule has 2 aromatic carbocycles. The van der Waals surface area contributed by atoms with Crippen LogP contribution in [0.4, 0.5) is 22.2 Å². The summed E-state index contributed by atoms with van der Waals surface area (Å²) in [5, 5.41) is 8.90. The first-order chi connectivity index (χ1) is 18.1. The number of thiazole rings is 1. The van der Waals surface area contributed by atoms with Crippen molar-refractivity contribution in [3.8, 4) is 11.4 Å². The Hall–Kier alpha value is -4.96. The molecule has 0 fully saturated rings. The maximum Gasteiger partial charge on any atom is 0.255 e. The Bertz CT molecular complexity index is 1690. The van der Waals surface area contributed by atoms with Crippen LogP contribution in [0.1, 0.15) is 15.9 Å². The number of pyridine rings is 1. The number of imidazole rings is 2. The summed E-state index contributed by atoms with van der Waals surface area (Å²) in [5.41, 5.74) is 12.1. The zero-order valence-electron chi connectivity index (χ0n) is 19.6. The van der Waals surface area contributed by atoms with Gasteiger partial charge in [0.15, 0.2) is 5.13 Å². The third-order valence-corrected chi connectivity index (χ3v) is 6.66. The molecule has 4 aromatic heterocycles. The maximum atomic E-state index is 12.6. The Morgan fingerprint density at radius 1 is 1.03 bits per heavy atom. The van der Waals surface area contributed by atoms with Crippen LogP contribution in [-0.4, -0.2) is 29.8 Å². The number of rotatable bonds is 7. The number of aromatic nitrogens is 5. The number of benzene rings is 2. The second kappa shape index (κ2) is 9.59. The number of nitrogen functional groups attached to an aromatic ring is 1. The Balaban J connectivity index is 1.17. The molecule has 0 spiro atoms. The van der Waals surface area contributed by atoms with E-state index in [1.807, 2.05) is 58.9 Å². The molecule has 10 heteroatoms. The topological polar surface area (TPSA) is 115 Å². The van der Waals surface area contributed by atoms with Gasteiger partial charge in [-0.25, -0.2) is 15.0 Å². The van der Waals surface area contributed by atoms with Gasteiger partial charge >= 0.3 is 0 Å². The molecule has 4 N–H and O–H groups in total. The van der Waals surface area contributed by atoms with Gasteiger partial charge in [-0.1, -0.05) is 18.2 Å². The molecule has 6 rings (SSSR count). The summed E-state index contributed by atoms with van der Waals surface area (Å²) in [5.74, 6) is -0.221. The number of fused-ring (bicyclic) bond motifs is 1. The molecular formula is C27H22N8OS. The summed E-state index contributed by atoms with van der Waals surface area (Å²) >= 11 is 1.50. The number of carbonyl (C=O) groups excluding carboxylic acids is 1. The molecule has 37 heavy (non-hydrogen) atoms. The highest BCUT2D eigenvalue weighted by molar-refractivity contribution is 7.14. The van der Waals surface area contributed by atoms with E-state index in [1.54, 1.807) is 36.8 Å². The summed E-state index contributed by atoms with van der Waals surface area (Å²) in [6.45, 7) is 0.692. The van der Waals surface area contributed by atoms with Crippen molar-refractivity contribution in [1.29, 1.82) is 0 Å². The van der Waals surface area contributed by atoms with Gasteiger partial charge in [-0.15, -0.1) is 11.3 Å². The first-order valence-corrected chi connectivity index (χ1v) is 12.4. The van der Waals surface area contributed by atoms with E-state index in [1.165, 1.54) is 11.3 Å². The highest BCUT2D eigenvalue weighted by Crippen LogP contribution is 2.29. The molecule has 0 bridgehead atoms. The standard InChI is InChI=1S/C27H22N8OS/c28-21-5-1-2-6-22(21)32-26(36)18-7-9-20(10-8-18)31-27-33-23(16-37-27)24-14-30-25-19(4-3-12-35(24)25)15-34-13-11-29-17-34/h1-14,16-17H,15,28H2,(H,31,33)(H,32,36). The number of nitrogens with one attached hydrogen (secondary N) is 2. The van der Waals surface area contributed by atoms with E-state index in [4.69, 9.17) is 10.7 Å². The monoisotopic (exact) mass is 506 g/mol. The van der Waals surface area contributed by atoms with E-state index in [9.17, 15) is 4.79 Å². The molecule has 4 heterocycles. The Kier molecular flexibility index (Phi) is 5.83. The molecule has 0 aliphatic rings. The molecule has 1 amide bonds. The fraction of sp³-hybridized carbons (Fsp3) is 0.0370. The van der Waals surface area contributed by atoms with Crippen molar-refractivity contribution in [2.24, 2.45) is 0 Å². The largest absolute Gasteiger partial charge is 0.397 e. The van der Waals surface area contributed by atoms with Crippen molar-refractivity contribution in [2.75, 3.05) is 16.4 Å². The van der Waals surface area contributed by atoms with Crippen LogP contribution in [0.5, 0.6) is 0 Å². The summed E-state index contributed by atoms with van der Waals surface area (Å²) in [6, 6.07) is 18.5. The van der Waals surface area contributed by atoms with E-state index in [2.05, 4.69) is 31.1 Å². The second-order valence-electron chi connectivity index (χ2n) is 8.39. The highest BCUT2D eigenvalue weighted by atomic mass is 32.1. The fourth-order valence-electron chi connectivity index (χ4n) is 4.04. The van der Waals surface area contributed by atoms with Crippen molar-refractivity contribution in [1.82, 2.24) is 23.9 Å². The molecule has 6 aromatic rings. The van der Waals surface area contributed by atoms with Crippen LogP contribution in [0.2, 0.25) is 0 Å². The van der Waals surface area contributed by atoms with Crippen LogP contribution in [0.25, 0.3) is 17.0 Å². The number of nitrogens with zero attached hydrogens (tertiary/aromatic N) is 5. The van der Waals surface area contributed by atoms with E-state index in [-0.39, 0.29) is 5.91 Å². The number of nitrogens with two attached hydrogens (primary N) is 1. The molecule has 0 unspecified atom stereocenters. The van der Waals surface area contributed by atoms with Gasteiger partial charge in [0.25, 0.3) is 5.91 Å². The van der Waals surface area contributed by atoms with E-state index < -0.39 is 0 Å². The van der Waals surface area contributed by atoms with Gasteiger partial charge < -0.3 is 20.9 Å². The zero-order valence-corrected chi connectivity index (χ0v) is 20.4. The predicted molar refractivity (Wildman–Crippen MR) is 146 cm³/mol. The molecular weight excluding hydrogens is 484 g/mol. The molecule has 0 atom stereocenters. The molecule has 0 radical (unpaired) electrons. The van der Waals surface area contributed by atoms with Crippen LogP contribution in [0.3, 0.4) is 0 Å². The Morgan fingerprint density at radius 3 is 2.70 bits per heavy atom. The average molecular weight is 507 g/mol. The molecule has 0 aliphatic carbocycles. The van der Waals surface area contributed by atoms with Gasteiger partial charge in [0.05, 0.1) is 36.1 Å². The van der Waals surface area contributed by atoms with Crippen molar-refractivity contribution in [3.05, 3.63) is 108 Å². The second-order valence-corrected chi connectivity index (χ2v) is 9.25. The van der Waals surface area contributed by atoms with Crippen LogP contribution in [0.15, 0.2) is 97.2 Å². The summed E-state index contributed by atoms with van der Waals surface area (Å²) in [6.07, 6.45) is 9.34. The summed E-state index contributed by atoms with van der Waals surface area (Å²) < 4.78 is 4.07. The first-order valence-electron chi connectivity index (χ1n) is 11.5. The highest BCUT2D eigenvalue weighted by Gasteiger charge is 2.13. The van der Waals surface area contributed by atoms with Gasteiger partial charge in [0.1, 0.15) is 11.3 Å². The van der Waals surface area contributed by atoms with Crippen LogP contribution in [-0.2, 0) is 6.54 Å². The Labute approximate surface area is 216 Å². The van der Waals surface area contributed by atoms with Crippen LogP contribution < -0.4 is 16.4 Å². The number of amides is 1. The minimum absolute atomic E-state index is 0.221. The molecule has 182 valence electrons. The molecule has 0 aliphatic heterocycles. The minimum atomic E-state index is -0.221. The van der Waals surface area contributed by atoms with Crippen molar-refractivity contribution >= 4 is 45.1 Å². The lowest BCUT2D eigenvalue weighted by atomic mass is 10.2. The third-order valence-electron chi connectivity index (χ3n) is 5.90. The fourth-order valence-corrected chi connectivity index (χ4v) is 4.77. The number of anilines is 4. The van der Waals surface area contributed by atoms with Gasteiger partial charge in [0, 0.05) is 40.8 Å². The van der Waals surface area contributed by atoms with Crippen LogP contribution >= 0.6 is 11.3 Å². The lowest BCUT2D eigenvalue weighted by Gasteiger charge is -2.08. The third kappa shape index (κ3) is 4.65. The van der Waals surface area contributed by atoms with Gasteiger partial charge in [-0.05, 0) is 42.5 Å². The molecule has 0 saturated heterocycles. The Morgan fingerprint density at radius 2 is 1.89 bits per heavy atom. The lowest BCUT2D eigenvalue weighted by molar-refractivity contribution is 0.102.